The first-order valence-electron chi connectivity index (χ1n) is 5.15. The number of carbonyl (C=O) groups is 1. The van der Waals surface area contributed by atoms with Crippen molar-refractivity contribution in [3.8, 4) is 0 Å². The van der Waals surface area contributed by atoms with Crippen molar-refractivity contribution < 1.29 is 14.6 Å². The highest BCUT2D eigenvalue weighted by Gasteiger charge is 2.38. The first kappa shape index (κ1) is 12.3. The van der Waals surface area contributed by atoms with Gasteiger partial charge in [0.25, 0.3) is 0 Å². The van der Waals surface area contributed by atoms with Gasteiger partial charge in [-0.15, -0.1) is 0 Å². The minimum atomic E-state index is -0.590. The van der Waals surface area contributed by atoms with Gasteiger partial charge in [-0.05, 0) is 40.5 Å². The second kappa shape index (κ2) is 3.98. The normalized spacial score (nSPS) is 30.6. The van der Waals surface area contributed by atoms with Gasteiger partial charge < -0.3 is 9.84 Å². The molecule has 1 saturated carbocycles. The van der Waals surface area contributed by atoms with E-state index in [0.29, 0.717) is 12.8 Å². The van der Waals surface area contributed by atoms with Crippen LogP contribution in [-0.2, 0) is 4.74 Å². The molecule has 3 N–H and O–H groups in total. The van der Waals surface area contributed by atoms with Crippen LogP contribution in [0.4, 0.5) is 4.79 Å². The van der Waals surface area contributed by atoms with Crippen LogP contribution in [0.1, 0.15) is 40.5 Å². The van der Waals surface area contributed by atoms with E-state index >= 15 is 0 Å². The van der Waals surface area contributed by atoms with Crippen LogP contribution in [-0.4, -0.2) is 28.4 Å². The summed E-state index contributed by atoms with van der Waals surface area (Å²) in [5, 5.41) is 9.45. The monoisotopic (exact) mass is 216 g/mol. The molecule has 0 aromatic carbocycles. The highest BCUT2D eigenvalue weighted by atomic mass is 16.6. The Morgan fingerprint density at radius 1 is 1.47 bits per heavy atom. The first-order chi connectivity index (χ1) is 6.68. The van der Waals surface area contributed by atoms with Crippen LogP contribution in [0.5, 0.6) is 0 Å². The Labute approximate surface area is 90.2 Å². The number of amides is 1. The maximum absolute atomic E-state index is 11.2. The minimum Gasteiger partial charge on any atom is -0.443 e. The Hall–Kier alpha value is -0.810. The average molecular weight is 216 g/mol. The summed E-state index contributed by atoms with van der Waals surface area (Å²) in [4.78, 5) is 11.2. The highest BCUT2D eigenvalue weighted by molar-refractivity contribution is 5.67. The summed E-state index contributed by atoms with van der Waals surface area (Å²) in [5.41, 5.74) is 4.19. The number of hydrogen-bond donors (Lipinski definition) is 3. The number of carbonyl (C=O) groups excluding carboxylic acids is 1. The number of hydrogen-bond acceptors (Lipinski definition) is 4. The van der Waals surface area contributed by atoms with Gasteiger partial charge in [0, 0.05) is 6.04 Å². The quantitative estimate of drug-likeness (QED) is 0.600. The Morgan fingerprint density at radius 2 is 2.00 bits per heavy atom. The zero-order valence-electron chi connectivity index (χ0n) is 9.76. The number of ether oxygens (including phenoxy) is 1. The van der Waals surface area contributed by atoms with Gasteiger partial charge in [0.05, 0.1) is 5.60 Å². The van der Waals surface area contributed by atoms with Crippen molar-refractivity contribution in [1.82, 2.24) is 10.9 Å². The molecule has 5 nitrogen and oxygen atoms in total. The third-order valence-corrected chi connectivity index (χ3v) is 2.15. The molecule has 1 amide bonds. The molecule has 0 spiro atoms. The fraction of sp³-hybridized carbons (Fsp3) is 0.900. The molecule has 0 aromatic heterocycles. The van der Waals surface area contributed by atoms with Crippen molar-refractivity contribution in [1.29, 1.82) is 0 Å². The molecule has 15 heavy (non-hydrogen) atoms. The predicted octanol–water partition coefficient (Wildman–Crippen LogP) is 0.929. The number of hydrazine groups is 1. The molecule has 0 saturated heterocycles. The summed E-state index contributed by atoms with van der Waals surface area (Å²) >= 11 is 0. The molecule has 1 fully saturated rings. The third-order valence-electron chi connectivity index (χ3n) is 2.15. The largest absolute Gasteiger partial charge is 0.443 e. The number of rotatable bonds is 2. The van der Waals surface area contributed by atoms with E-state index < -0.39 is 17.3 Å². The summed E-state index contributed by atoms with van der Waals surface area (Å²) in [7, 11) is 0. The summed E-state index contributed by atoms with van der Waals surface area (Å²) in [5.74, 6) is 0. The van der Waals surface area contributed by atoms with Gasteiger partial charge in [-0.1, -0.05) is 0 Å². The fourth-order valence-corrected chi connectivity index (χ4v) is 1.57. The van der Waals surface area contributed by atoms with E-state index in [1.165, 1.54) is 0 Å². The van der Waals surface area contributed by atoms with E-state index in [9.17, 15) is 9.90 Å². The average Bonchev–Trinajstić information content (AvgIpc) is 1.93. The van der Waals surface area contributed by atoms with Gasteiger partial charge >= 0.3 is 6.09 Å². The topological polar surface area (TPSA) is 70.6 Å². The maximum atomic E-state index is 11.2. The van der Waals surface area contributed by atoms with Crippen molar-refractivity contribution in [2.75, 3.05) is 0 Å². The Bertz CT molecular complexity index is 238. The van der Waals surface area contributed by atoms with E-state index in [-0.39, 0.29) is 6.04 Å². The molecule has 0 aromatic rings. The SMILES string of the molecule is CC(C)(C)OC(=O)NN[C@H]1C[C@@](C)(O)C1. The molecule has 0 heterocycles. The molecular formula is C10H20N2O3. The van der Waals surface area contributed by atoms with Crippen LogP contribution in [0, 0.1) is 0 Å². The maximum Gasteiger partial charge on any atom is 0.422 e. The standard InChI is InChI=1S/C10H20N2O3/c1-9(2,3)15-8(13)12-11-7-5-10(4,14)6-7/h7,11,14H,5-6H2,1-4H3,(H,12,13)/t7-,10+. The molecule has 0 aliphatic heterocycles. The second-order valence-corrected chi connectivity index (χ2v) is 5.37. The summed E-state index contributed by atoms with van der Waals surface area (Å²) in [6, 6.07) is 0.132. The van der Waals surface area contributed by atoms with Crippen LogP contribution < -0.4 is 10.9 Å². The van der Waals surface area contributed by atoms with Crippen LogP contribution in [0.25, 0.3) is 0 Å². The zero-order valence-corrected chi connectivity index (χ0v) is 9.76. The molecule has 1 aliphatic rings. The van der Waals surface area contributed by atoms with Crippen molar-refractivity contribution in [3.63, 3.8) is 0 Å². The molecule has 5 heteroatoms. The van der Waals surface area contributed by atoms with E-state index in [1.807, 2.05) is 0 Å². The number of nitrogens with one attached hydrogen (secondary N) is 2. The van der Waals surface area contributed by atoms with E-state index in [4.69, 9.17) is 4.74 Å². The van der Waals surface area contributed by atoms with Gasteiger partial charge in [-0.25, -0.2) is 10.2 Å². The molecule has 1 rings (SSSR count). The van der Waals surface area contributed by atoms with Gasteiger partial charge in [-0.3, -0.25) is 5.43 Å². The van der Waals surface area contributed by atoms with Gasteiger partial charge in [0.15, 0.2) is 0 Å². The minimum absolute atomic E-state index is 0.132. The van der Waals surface area contributed by atoms with Gasteiger partial charge in [0.1, 0.15) is 5.60 Å². The van der Waals surface area contributed by atoms with Gasteiger partial charge in [0.2, 0.25) is 0 Å². The Kier molecular flexibility index (Phi) is 3.25. The lowest BCUT2D eigenvalue weighted by Gasteiger charge is -2.41. The lowest BCUT2D eigenvalue weighted by molar-refractivity contribution is -0.0437. The van der Waals surface area contributed by atoms with Crippen LogP contribution >= 0.6 is 0 Å². The third kappa shape index (κ3) is 4.48. The molecular weight excluding hydrogens is 196 g/mol. The van der Waals surface area contributed by atoms with E-state index in [2.05, 4.69) is 10.9 Å². The Balaban J connectivity index is 2.14. The van der Waals surface area contributed by atoms with Crippen LogP contribution in [0.2, 0.25) is 0 Å². The summed E-state index contributed by atoms with van der Waals surface area (Å²) < 4.78 is 5.03. The highest BCUT2D eigenvalue weighted by Crippen LogP contribution is 2.30. The Morgan fingerprint density at radius 3 is 2.40 bits per heavy atom. The smallest absolute Gasteiger partial charge is 0.422 e. The molecule has 1 aliphatic carbocycles. The summed E-state index contributed by atoms with van der Waals surface area (Å²) in [6.45, 7) is 7.20. The number of aliphatic hydroxyl groups is 1. The molecule has 88 valence electrons. The molecule has 0 unspecified atom stereocenters. The fourth-order valence-electron chi connectivity index (χ4n) is 1.57. The zero-order chi connectivity index (χ0) is 11.7. The molecule has 0 atom stereocenters. The van der Waals surface area contributed by atoms with Crippen molar-refractivity contribution in [2.45, 2.75) is 57.8 Å². The van der Waals surface area contributed by atoms with Crippen LogP contribution in [0.15, 0.2) is 0 Å². The lowest BCUT2D eigenvalue weighted by Crippen LogP contribution is -2.57. The first-order valence-corrected chi connectivity index (χ1v) is 5.15. The lowest BCUT2D eigenvalue weighted by atomic mass is 9.78. The van der Waals surface area contributed by atoms with E-state index in [1.54, 1.807) is 27.7 Å². The van der Waals surface area contributed by atoms with Crippen molar-refractivity contribution in [2.24, 2.45) is 0 Å². The second-order valence-electron chi connectivity index (χ2n) is 5.37. The van der Waals surface area contributed by atoms with Crippen molar-refractivity contribution in [3.05, 3.63) is 0 Å². The van der Waals surface area contributed by atoms with E-state index in [0.717, 1.165) is 0 Å². The molecule has 0 bridgehead atoms. The summed E-state index contributed by atoms with van der Waals surface area (Å²) in [6.07, 6.45) is 0.792. The van der Waals surface area contributed by atoms with Crippen LogP contribution in [0.3, 0.4) is 0 Å². The van der Waals surface area contributed by atoms with Crippen molar-refractivity contribution >= 4 is 6.09 Å². The van der Waals surface area contributed by atoms with Gasteiger partial charge in [-0.2, -0.15) is 0 Å². The predicted molar refractivity (Wildman–Crippen MR) is 56.2 cm³/mol. The molecule has 0 radical (unpaired) electrons.